The standard InChI is InChI=1S/C23H28N4O6S.ClH/c1-31-18-5-7-22-19(15-18)23(25-34(22,29)30)27(9-3-8-26-10-12-33-13-11-26)24-16-17-4-6-20(28)21(14-17)32-2;/h4-7,14-16,28H,3,8-13H2,1-2H3;1H. The predicted octanol–water partition coefficient (Wildman–Crippen LogP) is 2.34. The van der Waals surface area contributed by atoms with Crippen molar-refractivity contribution in [1.82, 2.24) is 9.91 Å². The fourth-order valence-corrected chi connectivity index (χ4v) is 5.02. The van der Waals surface area contributed by atoms with E-state index in [1.54, 1.807) is 35.5 Å². The first-order valence-corrected chi connectivity index (χ1v) is 12.4. The number of amidine groups is 1. The zero-order valence-corrected chi connectivity index (χ0v) is 21.2. The van der Waals surface area contributed by atoms with Gasteiger partial charge in [0.15, 0.2) is 17.3 Å². The van der Waals surface area contributed by atoms with Gasteiger partial charge in [-0.1, -0.05) is 0 Å². The molecule has 0 aliphatic carbocycles. The summed E-state index contributed by atoms with van der Waals surface area (Å²) in [5.74, 6) is 1.12. The monoisotopic (exact) mass is 524 g/mol. The maximum atomic E-state index is 12.7. The minimum atomic E-state index is -3.83. The molecule has 1 saturated heterocycles. The molecule has 2 aliphatic rings. The molecule has 10 nitrogen and oxygen atoms in total. The number of phenolic OH excluding ortho intramolecular Hbond substituents is 1. The molecule has 2 aromatic carbocycles. The minimum Gasteiger partial charge on any atom is -0.504 e. The van der Waals surface area contributed by atoms with Gasteiger partial charge in [-0.3, -0.25) is 4.90 Å². The van der Waals surface area contributed by atoms with Gasteiger partial charge in [0.1, 0.15) is 10.6 Å². The number of aromatic hydroxyl groups is 1. The Morgan fingerprint density at radius 2 is 1.94 bits per heavy atom. The van der Waals surface area contributed by atoms with Crippen LogP contribution in [0.5, 0.6) is 17.2 Å². The summed E-state index contributed by atoms with van der Waals surface area (Å²) in [4.78, 5) is 2.43. The molecule has 0 atom stereocenters. The van der Waals surface area contributed by atoms with Gasteiger partial charge in [-0.15, -0.1) is 16.8 Å². The molecule has 0 bridgehead atoms. The van der Waals surface area contributed by atoms with Crippen LogP contribution in [0.3, 0.4) is 0 Å². The lowest BCUT2D eigenvalue weighted by Gasteiger charge is -2.27. The van der Waals surface area contributed by atoms with E-state index in [0.717, 1.165) is 26.1 Å². The van der Waals surface area contributed by atoms with Gasteiger partial charge in [0.2, 0.25) is 0 Å². The fourth-order valence-electron chi connectivity index (χ4n) is 3.83. The maximum Gasteiger partial charge on any atom is 0.285 e. The van der Waals surface area contributed by atoms with Crippen molar-refractivity contribution in [2.24, 2.45) is 9.50 Å². The molecule has 0 amide bonds. The van der Waals surface area contributed by atoms with Crippen LogP contribution >= 0.6 is 12.4 Å². The predicted molar refractivity (Wildman–Crippen MR) is 135 cm³/mol. The van der Waals surface area contributed by atoms with Crippen LogP contribution < -0.4 is 9.47 Å². The van der Waals surface area contributed by atoms with Crippen LogP contribution in [0.15, 0.2) is 50.8 Å². The molecule has 0 aromatic heterocycles. The van der Waals surface area contributed by atoms with Crippen LogP contribution in [0.1, 0.15) is 17.5 Å². The molecule has 4 rings (SSSR count). The molecule has 0 spiro atoms. The fraction of sp³-hybridized carbons (Fsp3) is 0.391. The van der Waals surface area contributed by atoms with Crippen molar-refractivity contribution in [3.05, 3.63) is 47.5 Å². The number of hydrazone groups is 1. The van der Waals surface area contributed by atoms with Crippen LogP contribution in [-0.4, -0.2) is 89.1 Å². The van der Waals surface area contributed by atoms with Gasteiger partial charge in [-0.2, -0.15) is 13.5 Å². The average molecular weight is 525 g/mol. The molecule has 2 heterocycles. The third kappa shape index (κ3) is 6.23. The van der Waals surface area contributed by atoms with Crippen molar-refractivity contribution >= 4 is 34.5 Å². The molecular formula is C23H29ClN4O6S. The summed E-state index contributed by atoms with van der Waals surface area (Å²) in [5, 5.41) is 16.0. The molecule has 0 radical (unpaired) electrons. The third-order valence-electron chi connectivity index (χ3n) is 5.65. The smallest absolute Gasteiger partial charge is 0.285 e. The van der Waals surface area contributed by atoms with Crippen molar-refractivity contribution in [1.29, 1.82) is 0 Å². The van der Waals surface area contributed by atoms with Crippen LogP contribution in [0, 0.1) is 0 Å². The van der Waals surface area contributed by atoms with Gasteiger partial charge in [0.25, 0.3) is 10.0 Å². The summed E-state index contributed by atoms with van der Waals surface area (Å²) in [6, 6.07) is 9.61. The van der Waals surface area contributed by atoms with E-state index in [4.69, 9.17) is 14.2 Å². The van der Waals surface area contributed by atoms with E-state index in [2.05, 4.69) is 14.4 Å². The number of benzene rings is 2. The van der Waals surface area contributed by atoms with Gasteiger partial charge in [0.05, 0.1) is 33.6 Å². The summed E-state index contributed by atoms with van der Waals surface area (Å²) in [6.45, 7) is 4.44. The van der Waals surface area contributed by atoms with Crippen molar-refractivity contribution in [2.45, 2.75) is 11.3 Å². The molecule has 190 valence electrons. The number of rotatable bonds is 8. The lowest BCUT2D eigenvalue weighted by atomic mass is 10.2. The second kappa shape index (κ2) is 11.7. The summed E-state index contributed by atoms with van der Waals surface area (Å²) < 4.78 is 45.3. The molecular weight excluding hydrogens is 496 g/mol. The van der Waals surface area contributed by atoms with Crippen molar-refractivity contribution in [3.63, 3.8) is 0 Å². The molecule has 35 heavy (non-hydrogen) atoms. The van der Waals surface area contributed by atoms with Gasteiger partial charge < -0.3 is 19.3 Å². The molecule has 1 fully saturated rings. The second-order valence-electron chi connectivity index (χ2n) is 7.86. The number of sulfonamides is 1. The number of methoxy groups -OCH3 is 2. The average Bonchev–Trinajstić information content (AvgIpc) is 3.12. The van der Waals surface area contributed by atoms with Crippen molar-refractivity contribution in [2.75, 3.05) is 53.6 Å². The molecule has 0 unspecified atom stereocenters. The number of nitrogens with zero attached hydrogens (tertiary/aromatic N) is 4. The zero-order chi connectivity index (χ0) is 24.1. The zero-order valence-electron chi connectivity index (χ0n) is 19.6. The van der Waals surface area contributed by atoms with Gasteiger partial charge in [-0.25, -0.2) is 5.01 Å². The van der Waals surface area contributed by atoms with Gasteiger partial charge in [-0.05, 0) is 48.4 Å². The summed E-state index contributed by atoms with van der Waals surface area (Å²) in [6.07, 6.45) is 2.33. The van der Waals surface area contributed by atoms with Crippen LogP contribution in [0.2, 0.25) is 0 Å². The Morgan fingerprint density at radius 1 is 1.17 bits per heavy atom. The first-order chi connectivity index (χ1) is 16.4. The highest BCUT2D eigenvalue weighted by Gasteiger charge is 2.32. The van der Waals surface area contributed by atoms with E-state index in [0.29, 0.717) is 42.4 Å². The second-order valence-corrected chi connectivity index (χ2v) is 9.43. The molecule has 12 heteroatoms. The van der Waals surface area contributed by atoms with Crippen LogP contribution in [0.25, 0.3) is 0 Å². The molecule has 2 aliphatic heterocycles. The van der Waals surface area contributed by atoms with E-state index in [1.165, 1.54) is 26.4 Å². The number of ether oxygens (including phenoxy) is 3. The van der Waals surface area contributed by atoms with E-state index in [-0.39, 0.29) is 28.9 Å². The normalized spacial score (nSPS) is 16.9. The number of phenols is 1. The van der Waals surface area contributed by atoms with Crippen LogP contribution in [-0.2, 0) is 14.8 Å². The Labute approximate surface area is 211 Å². The maximum absolute atomic E-state index is 12.7. The van der Waals surface area contributed by atoms with E-state index in [9.17, 15) is 13.5 Å². The largest absolute Gasteiger partial charge is 0.504 e. The highest BCUT2D eigenvalue weighted by molar-refractivity contribution is 7.90. The first-order valence-electron chi connectivity index (χ1n) is 10.9. The molecule has 1 N–H and O–H groups in total. The highest BCUT2D eigenvalue weighted by atomic mass is 35.5. The number of fused-ring (bicyclic) bond motifs is 1. The van der Waals surface area contributed by atoms with Crippen molar-refractivity contribution < 1.29 is 27.7 Å². The number of hydrogen-bond donors (Lipinski definition) is 1. The Morgan fingerprint density at radius 3 is 2.66 bits per heavy atom. The number of hydrogen-bond acceptors (Lipinski definition) is 9. The highest BCUT2D eigenvalue weighted by Crippen LogP contribution is 2.31. The quantitative estimate of drug-likeness (QED) is 0.413. The lowest BCUT2D eigenvalue weighted by Crippen LogP contribution is -2.38. The minimum absolute atomic E-state index is 0. The Bertz CT molecular complexity index is 1200. The summed E-state index contributed by atoms with van der Waals surface area (Å²) in [7, 11) is -0.838. The molecule has 2 aromatic rings. The van der Waals surface area contributed by atoms with E-state index in [1.807, 2.05) is 0 Å². The van der Waals surface area contributed by atoms with Gasteiger partial charge in [0, 0.05) is 31.7 Å². The Balaban J connectivity index is 0.00000342. The van der Waals surface area contributed by atoms with E-state index < -0.39 is 10.0 Å². The first kappa shape index (κ1) is 26.7. The SMILES string of the molecule is COc1ccc2c(c1)C(N(CCCN1CCOCC1)N=Cc1ccc(O)c(OC)c1)=NS2(=O)=O.Cl. The number of morpholine rings is 1. The molecule has 0 saturated carbocycles. The Kier molecular flexibility index (Phi) is 8.95. The number of halogens is 1. The summed E-state index contributed by atoms with van der Waals surface area (Å²) in [5.41, 5.74) is 1.13. The third-order valence-corrected chi connectivity index (χ3v) is 6.98. The Hall–Kier alpha value is -2.86. The van der Waals surface area contributed by atoms with Crippen molar-refractivity contribution in [3.8, 4) is 17.2 Å². The van der Waals surface area contributed by atoms with E-state index >= 15 is 0 Å². The van der Waals surface area contributed by atoms with Crippen LogP contribution in [0.4, 0.5) is 0 Å². The summed E-state index contributed by atoms with van der Waals surface area (Å²) >= 11 is 0. The lowest BCUT2D eigenvalue weighted by molar-refractivity contribution is 0.0368. The topological polar surface area (TPSA) is 113 Å². The van der Waals surface area contributed by atoms with Gasteiger partial charge >= 0.3 is 0 Å².